The van der Waals surface area contributed by atoms with Gasteiger partial charge in [0, 0.05) is 33.9 Å². The molecule has 51 heavy (non-hydrogen) atoms. The van der Waals surface area contributed by atoms with Gasteiger partial charge in [0.25, 0.3) is 0 Å². The number of allylic oxidation sites excluding steroid dienone is 2. The van der Waals surface area contributed by atoms with Gasteiger partial charge in [-0.3, -0.25) is 4.98 Å². The number of nitrogens with one attached hydrogen (secondary N) is 1. The van der Waals surface area contributed by atoms with E-state index in [2.05, 4.69) is 72.7 Å². The van der Waals surface area contributed by atoms with Crippen LogP contribution in [-0.2, 0) is 5.41 Å². The van der Waals surface area contributed by atoms with Crippen molar-refractivity contribution in [3.63, 3.8) is 0 Å². The molecule has 0 bridgehead atoms. The number of dihydropyridines is 1. The first kappa shape index (κ1) is 31.6. The second kappa shape index (κ2) is 13.7. The number of benzene rings is 4. The highest BCUT2D eigenvalue weighted by atomic mass is 15.1. The van der Waals surface area contributed by atoms with Gasteiger partial charge in [-0.25, -0.2) is 29.9 Å². The Morgan fingerprint density at radius 3 is 1.41 bits per heavy atom. The third-order valence-corrected chi connectivity index (χ3v) is 9.04. The zero-order valence-electron chi connectivity index (χ0n) is 28.2. The summed E-state index contributed by atoms with van der Waals surface area (Å²) in [5, 5.41) is 3.34. The van der Waals surface area contributed by atoms with Gasteiger partial charge in [0.2, 0.25) is 0 Å². The normalized spacial score (nSPS) is 13.9. The first-order chi connectivity index (χ1) is 25.0. The van der Waals surface area contributed by atoms with Gasteiger partial charge in [0.15, 0.2) is 34.9 Å². The fraction of sp³-hybridized carbons (Fsp3) is 0.0930. The average molecular weight is 663 g/mol. The van der Waals surface area contributed by atoms with Crippen LogP contribution in [0.1, 0.15) is 36.8 Å². The molecule has 8 nitrogen and oxygen atoms in total. The maximum Gasteiger partial charge on any atom is 0.182 e. The molecule has 0 spiro atoms. The van der Waals surface area contributed by atoms with Crippen LogP contribution in [-0.4, -0.2) is 34.9 Å². The van der Waals surface area contributed by atoms with Crippen LogP contribution in [0.4, 0.5) is 0 Å². The molecule has 3 aromatic heterocycles. The monoisotopic (exact) mass is 662 g/mol. The number of hydrogen-bond acceptors (Lipinski definition) is 8. The summed E-state index contributed by atoms with van der Waals surface area (Å²) >= 11 is 0. The number of aromatic nitrogens is 7. The van der Waals surface area contributed by atoms with E-state index in [1.807, 2.05) is 103 Å². The maximum atomic E-state index is 4.90. The molecule has 8 heteroatoms. The smallest absolute Gasteiger partial charge is 0.182 e. The third-order valence-electron chi connectivity index (χ3n) is 9.04. The molecule has 1 unspecified atom stereocenters. The van der Waals surface area contributed by atoms with Crippen molar-refractivity contribution >= 4 is 0 Å². The minimum atomic E-state index is -0.285. The minimum absolute atomic E-state index is 0.135. The topological polar surface area (TPSA) is 102 Å². The van der Waals surface area contributed by atoms with E-state index in [1.54, 1.807) is 6.20 Å². The zero-order valence-corrected chi connectivity index (χ0v) is 28.2. The van der Waals surface area contributed by atoms with Crippen molar-refractivity contribution in [3.05, 3.63) is 175 Å². The van der Waals surface area contributed by atoms with E-state index >= 15 is 0 Å². The van der Waals surface area contributed by atoms with Crippen LogP contribution >= 0.6 is 0 Å². The number of nitrogens with zero attached hydrogens (tertiary/aromatic N) is 7. The molecule has 4 aromatic carbocycles. The van der Waals surface area contributed by atoms with Crippen LogP contribution in [0.3, 0.4) is 0 Å². The summed E-state index contributed by atoms with van der Waals surface area (Å²) in [6.45, 7) is 4.46. The van der Waals surface area contributed by atoms with Crippen molar-refractivity contribution in [3.8, 4) is 57.1 Å². The first-order valence-electron chi connectivity index (χ1n) is 16.9. The average Bonchev–Trinajstić information content (AvgIpc) is 3.22. The summed E-state index contributed by atoms with van der Waals surface area (Å²) in [5.74, 6) is 3.69. The highest BCUT2D eigenvalue weighted by Gasteiger charge is 2.24. The molecular weight excluding hydrogens is 629 g/mol. The molecule has 0 saturated carbocycles. The fourth-order valence-corrected chi connectivity index (χ4v) is 6.05. The Labute approximate surface area is 296 Å². The number of rotatable bonds is 8. The van der Waals surface area contributed by atoms with Gasteiger partial charge in [-0.15, -0.1) is 0 Å². The van der Waals surface area contributed by atoms with Crippen LogP contribution in [0, 0.1) is 0 Å². The summed E-state index contributed by atoms with van der Waals surface area (Å²) in [6.07, 6.45) is 9.66. The zero-order chi connectivity index (χ0) is 34.6. The summed E-state index contributed by atoms with van der Waals surface area (Å²) in [6, 6.07) is 42.5. The van der Waals surface area contributed by atoms with Crippen LogP contribution in [0.2, 0.25) is 0 Å². The maximum absolute atomic E-state index is 4.90. The summed E-state index contributed by atoms with van der Waals surface area (Å²) in [4.78, 5) is 33.6. The van der Waals surface area contributed by atoms with Crippen molar-refractivity contribution < 1.29 is 0 Å². The van der Waals surface area contributed by atoms with E-state index in [9.17, 15) is 0 Å². The lowest BCUT2D eigenvalue weighted by Gasteiger charge is -2.26. The second-order valence-electron chi connectivity index (χ2n) is 12.8. The van der Waals surface area contributed by atoms with E-state index < -0.39 is 0 Å². The molecule has 7 aromatic rings. The summed E-state index contributed by atoms with van der Waals surface area (Å²) in [5.41, 5.74) is 6.44. The predicted octanol–water partition coefficient (Wildman–Crippen LogP) is 8.83. The summed E-state index contributed by atoms with van der Waals surface area (Å²) in [7, 11) is 0. The van der Waals surface area contributed by atoms with Crippen LogP contribution in [0.15, 0.2) is 158 Å². The Kier molecular flexibility index (Phi) is 8.47. The van der Waals surface area contributed by atoms with Gasteiger partial charge in [-0.1, -0.05) is 141 Å². The highest BCUT2D eigenvalue weighted by Crippen LogP contribution is 2.34. The molecule has 1 N–H and O–H groups in total. The van der Waals surface area contributed by atoms with Crippen molar-refractivity contribution in [1.29, 1.82) is 0 Å². The lowest BCUT2D eigenvalue weighted by molar-refractivity contribution is 0.641. The molecule has 8 rings (SSSR count). The van der Waals surface area contributed by atoms with Gasteiger partial charge >= 0.3 is 0 Å². The Morgan fingerprint density at radius 1 is 0.471 bits per heavy atom. The van der Waals surface area contributed by atoms with Crippen LogP contribution < -0.4 is 5.32 Å². The third kappa shape index (κ3) is 6.67. The molecule has 0 aliphatic carbocycles. The Balaban J connectivity index is 1.09. The minimum Gasteiger partial charge on any atom is -0.378 e. The molecule has 1 atom stereocenters. The van der Waals surface area contributed by atoms with Gasteiger partial charge in [-0.2, -0.15) is 0 Å². The first-order valence-corrected chi connectivity index (χ1v) is 16.9. The largest absolute Gasteiger partial charge is 0.378 e. The molecular formula is C43H34N8. The van der Waals surface area contributed by atoms with E-state index in [1.165, 1.54) is 11.1 Å². The Morgan fingerprint density at radius 2 is 0.941 bits per heavy atom. The molecule has 0 fully saturated rings. The standard InChI is InChI=1S/C43H34N8/c1-43(2,33-23-19-31(20-24-33)39-46-37(29-13-5-3-6-14-29)48-41(50-39)35-17-9-11-27-44-35)34-25-21-32(22-26-34)40-47-38(30-15-7-4-8-16-30)49-42(51-40)36-18-10-12-28-45-36/h3-28,35,44H,1-2H3. The van der Waals surface area contributed by atoms with Gasteiger partial charge < -0.3 is 5.32 Å². The second-order valence-corrected chi connectivity index (χ2v) is 12.8. The summed E-state index contributed by atoms with van der Waals surface area (Å²) < 4.78 is 0. The van der Waals surface area contributed by atoms with E-state index in [0.717, 1.165) is 22.3 Å². The van der Waals surface area contributed by atoms with E-state index in [-0.39, 0.29) is 11.5 Å². The molecule has 1 aliphatic heterocycles. The Hall–Kier alpha value is -6.67. The fourth-order valence-electron chi connectivity index (χ4n) is 6.05. The van der Waals surface area contributed by atoms with E-state index in [4.69, 9.17) is 29.9 Å². The van der Waals surface area contributed by atoms with Gasteiger partial charge in [0.05, 0.1) is 0 Å². The lowest BCUT2D eigenvalue weighted by Crippen LogP contribution is -2.19. The SMILES string of the molecule is CC(C)(c1ccc(-c2nc(-c3ccccc3)nc(-c3ccccn3)n2)cc1)c1ccc(-c2nc(-c3ccccc3)nc(C3C=CC=CN3)n2)cc1. The lowest BCUT2D eigenvalue weighted by atomic mass is 9.77. The number of hydrogen-bond donors (Lipinski definition) is 1. The van der Waals surface area contributed by atoms with Gasteiger partial charge in [-0.05, 0) is 35.5 Å². The molecule has 246 valence electrons. The van der Waals surface area contributed by atoms with Crippen molar-refractivity contribution in [2.75, 3.05) is 0 Å². The van der Waals surface area contributed by atoms with E-state index in [0.29, 0.717) is 40.6 Å². The highest BCUT2D eigenvalue weighted by molar-refractivity contribution is 5.66. The molecule has 4 heterocycles. The van der Waals surface area contributed by atoms with Crippen molar-refractivity contribution in [2.24, 2.45) is 0 Å². The quantitative estimate of drug-likeness (QED) is 0.172. The van der Waals surface area contributed by atoms with Crippen molar-refractivity contribution in [2.45, 2.75) is 25.3 Å². The van der Waals surface area contributed by atoms with Gasteiger partial charge in [0.1, 0.15) is 11.7 Å². The Bertz CT molecular complexity index is 2280. The predicted molar refractivity (Wildman–Crippen MR) is 201 cm³/mol. The van der Waals surface area contributed by atoms with Crippen LogP contribution in [0.25, 0.3) is 57.1 Å². The molecule has 0 saturated heterocycles. The molecule has 0 amide bonds. The molecule has 1 aliphatic rings. The number of pyridine rings is 1. The van der Waals surface area contributed by atoms with Crippen molar-refractivity contribution in [1.82, 2.24) is 40.2 Å². The molecule has 0 radical (unpaired) electrons. The van der Waals surface area contributed by atoms with Crippen LogP contribution in [0.5, 0.6) is 0 Å².